The Labute approximate surface area is 107 Å². The maximum Gasteiger partial charge on any atom is 0.0785 e. The first-order valence-electron chi connectivity index (χ1n) is 6.82. The van der Waals surface area contributed by atoms with Crippen molar-refractivity contribution in [2.45, 2.75) is 58.7 Å². The lowest BCUT2D eigenvalue weighted by Gasteiger charge is -2.44. The number of ether oxygens (including phenoxy) is 1. The molecule has 3 nitrogen and oxygen atoms in total. The molecule has 0 bridgehead atoms. The summed E-state index contributed by atoms with van der Waals surface area (Å²) in [5.74, 6) is 1.54. The van der Waals surface area contributed by atoms with Gasteiger partial charge in [0.25, 0.3) is 0 Å². The van der Waals surface area contributed by atoms with E-state index < -0.39 is 0 Å². The van der Waals surface area contributed by atoms with Crippen LogP contribution < -0.4 is 5.73 Å². The van der Waals surface area contributed by atoms with Gasteiger partial charge >= 0.3 is 0 Å². The molecule has 0 radical (unpaired) electrons. The van der Waals surface area contributed by atoms with Gasteiger partial charge in [-0.15, -0.1) is 0 Å². The number of hydrogen-bond donors (Lipinski definition) is 1. The second-order valence-electron chi connectivity index (χ2n) is 6.43. The van der Waals surface area contributed by atoms with E-state index in [1.54, 1.807) is 7.11 Å². The van der Waals surface area contributed by atoms with E-state index in [1.165, 1.54) is 13.0 Å². The van der Waals surface area contributed by atoms with Crippen LogP contribution in [-0.4, -0.2) is 42.8 Å². The molecule has 0 aromatic rings. The predicted molar refractivity (Wildman–Crippen MR) is 73.0 cm³/mol. The SMILES string of the molecule is COC(C)(C)C(N)CN1CC(C)CC(C)C1C. The van der Waals surface area contributed by atoms with Crippen LogP contribution in [0.2, 0.25) is 0 Å². The average Bonchev–Trinajstić information content (AvgIpc) is 2.25. The molecule has 4 atom stereocenters. The molecule has 0 saturated carbocycles. The van der Waals surface area contributed by atoms with E-state index in [0.717, 1.165) is 18.4 Å². The number of methoxy groups -OCH3 is 1. The number of nitrogens with two attached hydrogens (primary N) is 1. The van der Waals surface area contributed by atoms with E-state index in [4.69, 9.17) is 10.5 Å². The van der Waals surface area contributed by atoms with Crippen molar-refractivity contribution in [3.05, 3.63) is 0 Å². The Bertz CT molecular complexity index is 242. The molecule has 3 heteroatoms. The van der Waals surface area contributed by atoms with Gasteiger partial charge in [0.2, 0.25) is 0 Å². The Balaban J connectivity index is 2.60. The summed E-state index contributed by atoms with van der Waals surface area (Å²) in [6.07, 6.45) is 1.33. The Hall–Kier alpha value is -0.120. The maximum absolute atomic E-state index is 6.28. The fourth-order valence-electron chi connectivity index (χ4n) is 2.70. The third kappa shape index (κ3) is 3.67. The summed E-state index contributed by atoms with van der Waals surface area (Å²) in [5.41, 5.74) is 6.03. The topological polar surface area (TPSA) is 38.5 Å². The first kappa shape index (κ1) is 14.9. The Kier molecular flexibility index (Phi) is 4.99. The summed E-state index contributed by atoms with van der Waals surface area (Å²) in [6, 6.07) is 0.692. The highest BCUT2D eigenvalue weighted by Gasteiger charge is 2.33. The van der Waals surface area contributed by atoms with Crippen molar-refractivity contribution in [3.63, 3.8) is 0 Å². The van der Waals surface area contributed by atoms with Crippen molar-refractivity contribution in [3.8, 4) is 0 Å². The Morgan fingerprint density at radius 3 is 2.47 bits per heavy atom. The third-order valence-corrected chi connectivity index (χ3v) is 4.57. The Morgan fingerprint density at radius 2 is 1.94 bits per heavy atom. The minimum Gasteiger partial charge on any atom is -0.377 e. The van der Waals surface area contributed by atoms with Crippen molar-refractivity contribution in [1.29, 1.82) is 0 Å². The summed E-state index contributed by atoms with van der Waals surface area (Å²) in [5, 5.41) is 0. The highest BCUT2D eigenvalue weighted by atomic mass is 16.5. The zero-order chi connectivity index (χ0) is 13.2. The van der Waals surface area contributed by atoms with Crippen molar-refractivity contribution in [2.24, 2.45) is 17.6 Å². The van der Waals surface area contributed by atoms with Crippen LogP contribution in [0.4, 0.5) is 0 Å². The normalized spacial score (nSPS) is 33.7. The second kappa shape index (κ2) is 5.68. The zero-order valence-electron chi connectivity index (χ0n) is 12.4. The van der Waals surface area contributed by atoms with E-state index in [9.17, 15) is 0 Å². The quantitative estimate of drug-likeness (QED) is 0.820. The fraction of sp³-hybridized carbons (Fsp3) is 1.00. The molecule has 0 aromatic heterocycles. The minimum atomic E-state index is -0.246. The van der Waals surface area contributed by atoms with E-state index in [1.807, 2.05) is 0 Å². The molecule has 0 spiro atoms. The van der Waals surface area contributed by atoms with Crippen molar-refractivity contribution >= 4 is 0 Å². The first-order chi connectivity index (χ1) is 7.77. The smallest absolute Gasteiger partial charge is 0.0785 e. The van der Waals surface area contributed by atoms with E-state index >= 15 is 0 Å². The van der Waals surface area contributed by atoms with E-state index in [0.29, 0.717) is 6.04 Å². The third-order valence-electron chi connectivity index (χ3n) is 4.57. The summed E-state index contributed by atoms with van der Waals surface area (Å²) in [7, 11) is 1.74. The van der Waals surface area contributed by atoms with Crippen LogP contribution in [0.25, 0.3) is 0 Å². The highest BCUT2D eigenvalue weighted by Crippen LogP contribution is 2.27. The van der Waals surface area contributed by atoms with Crippen molar-refractivity contribution in [1.82, 2.24) is 4.90 Å². The lowest BCUT2D eigenvalue weighted by Crippen LogP contribution is -2.56. The molecule has 1 fully saturated rings. The first-order valence-corrected chi connectivity index (χ1v) is 6.82. The van der Waals surface area contributed by atoms with Crippen molar-refractivity contribution < 1.29 is 4.74 Å². The van der Waals surface area contributed by atoms with Crippen LogP contribution in [-0.2, 0) is 4.74 Å². The summed E-state index contributed by atoms with van der Waals surface area (Å²) in [4.78, 5) is 2.53. The molecule has 1 aliphatic heterocycles. The maximum atomic E-state index is 6.28. The van der Waals surface area contributed by atoms with E-state index in [-0.39, 0.29) is 11.6 Å². The molecule has 0 amide bonds. The van der Waals surface area contributed by atoms with Crippen LogP contribution in [0.5, 0.6) is 0 Å². The van der Waals surface area contributed by atoms with Gasteiger partial charge in [0.05, 0.1) is 5.60 Å². The largest absolute Gasteiger partial charge is 0.377 e. The van der Waals surface area contributed by atoms with Gasteiger partial charge in [-0.3, -0.25) is 4.90 Å². The molecular weight excluding hydrogens is 212 g/mol. The van der Waals surface area contributed by atoms with Gasteiger partial charge in [0, 0.05) is 32.3 Å². The zero-order valence-corrected chi connectivity index (χ0v) is 12.4. The van der Waals surface area contributed by atoms with Gasteiger partial charge in [-0.05, 0) is 39.0 Å². The van der Waals surface area contributed by atoms with Gasteiger partial charge < -0.3 is 10.5 Å². The molecule has 4 unspecified atom stereocenters. The Morgan fingerprint density at radius 1 is 1.35 bits per heavy atom. The van der Waals surface area contributed by atoms with E-state index in [2.05, 4.69) is 39.5 Å². The van der Waals surface area contributed by atoms with Gasteiger partial charge in [0.15, 0.2) is 0 Å². The second-order valence-corrected chi connectivity index (χ2v) is 6.43. The van der Waals surface area contributed by atoms with Gasteiger partial charge in [0.1, 0.15) is 0 Å². The predicted octanol–water partition coefficient (Wildman–Crippen LogP) is 2.11. The summed E-state index contributed by atoms with van der Waals surface area (Å²) in [6.45, 7) is 13.2. The molecule has 1 heterocycles. The monoisotopic (exact) mass is 242 g/mol. The van der Waals surface area contributed by atoms with Crippen molar-refractivity contribution in [2.75, 3.05) is 20.2 Å². The number of likely N-dealkylation sites (tertiary alicyclic amines) is 1. The number of rotatable bonds is 4. The lowest BCUT2D eigenvalue weighted by molar-refractivity contribution is -0.0219. The van der Waals surface area contributed by atoms with Crippen LogP contribution in [0, 0.1) is 11.8 Å². The van der Waals surface area contributed by atoms with Crippen LogP contribution >= 0.6 is 0 Å². The molecule has 17 heavy (non-hydrogen) atoms. The summed E-state index contributed by atoms with van der Waals surface area (Å²) < 4.78 is 5.48. The van der Waals surface area contributed by atoms with Gasteiger partial charge in [-0.25, -0.2) is 0 Å². The fourth-order valence-corrected chi connectivity index (χ4v) is 2.70. The summed E-state index contributed by atoms with van der Waals surface area (Å²) >= 11 is 0. The minimum absolute atomic E-state index is 0.0625. The molecule has 0 aliphatic carbocycles. The van der Waals surface area contributed by atoms with Gasteiger partial charge in [-0.2, -0.15) is 0 Å². The molecular formula is C14H30N2O. The molecule has 102 valence electrons. The van der Waals surface area contributed by atoms with Crippen LogP contribution in [0.3, 0.4) is 0 Å². The molecule has 1 saturated heterocycles. The average molecular weight is 242 g/mol. The number of hydrogen-bond acceptors (Lipinski definition) is 3. The molecule has 2 N–H and O–H groups in total. The standard InChI is InChI=1S/C14H30N2O/c1-10-7-11(2)12(3)16(8-10)9-13(15)14(4,5)17-6/h10-13H,7-9,15H2,1-6H3. The molecule has 0 aromatic carbocycles. The highest BCUT2D eigenvalue weighted by molar-refractivity contribution is 4.89. The number of nitrogens with zero attached hydrogens (tertiary/aromatic N) is 1. The number of piperidine rings is 1. The van der Waals surface area contributed by atoms with Crippen LogP contribution in [0.15, 0.2) is 0 Å². The van der Waals surface area contributed by atoms with Gasteiger partial charge in [-0.1, -0.05) is 13.8 Å². The molecule has 1 aliphatic rings. The lowest BCUT2D eigenvalue weighted by atomic mass is 9.85. The van der Waals surface area contributed by atoms with Crippen LogP contribution in [0.1, 0.15) is 41.0 Å². The molecule has 1 rings (SSSR count).